The monoisotopic (exact) mass is 336 g/mol. The molecule has 0 aliphatic carbocycles. The smallest absolute Gasteiger partial charge is 0.308 e. The molecule has 7 heteroatoms. The maximum absolute atomic E-state index is 11.7. The van der Waals surface area contributed by atoms with Gasteiger partial charge in [0.2, 0.25) is 11.8 Å². The van der Waals surface area contributed by atoms with E-state index in [0.717, 1.165) is 11.3 Å². The topological polar surface area (TPSA) is 95.9 Å². The van der Waals surface area contributed by atoms with Crippen LogP contribution in [0.15, 0.2) is 24.3 Å². The van der Waals surface area contributed by atoms with Crippen LogP contribution in [-0.4, -0.2) is 54.5 Å². The Kier molecular flexibility index (Phi) is 7.74. The van der Waals surface area contributed by atoms with Gasteiger partial charge in [0.25, 0.3) is 0 Å². The third-order valence-corrected chi connectivity index (χ3v) is 3.53. The van der Waals surface area contributed by atoms with Crippen LogP contribution in [-0.2, 0) is 20.8 Å². The van der Waals surface area contributed by atoms with Crippen molar-refractivity contribution in [3.05, 3.63) is 29.8 Å². The van der Waals surface area contributed by atoms with Crippen LogP contribution < -0.4 is 10.1 Å². The molecule has 1 atom stereocenters. The normalized spacial score (nSPS) is 11.5. The molecule has 132 valence electrons. The molecule has 1 aromatic carbocycles. The summed E-state index contributed by atoms with van der Waals surface area (Å²) in [5.41, 5.74) is 0.848. The second-order valence-electron chi connectivity index (χ2n) is 5.50. The second-order valence-corrected chi connectivity index (χ2v) is 5.50. The number of carbonyl (C=O) groups excluding carboxylic acids is 2. The molecule has 1 rings (SSSR count). The van der Waals surface area contributed by atoms with Gasteiger partial charge in [0.1, 0.15) is 5.75 Å². The Bertz CT molecular complexity index is 571. The number of hydrogen-bond donors (Lipinski definition) is 2. The third kappa shape index (κ3) is 6.68. The lowest BCUT2D eigenvalue weighted by molar-refractivity contribution is -0.142. The van der Waals surface area contributed by atoms with Crippen molar-refractivity contribution >= 4 is 17.8 Å². The first-order valence-corrected chi connectivity index (χ1v) is 7.76. The van der Waals surface area contributed by atoms with Gasteiger partial charge in [-0.05, 0) is 31.0 Å². The molecule has 0 saturated carbocycles. The van der Waals surface area contributed by atoms with E-state index < -0.39 is 11.9 Å². The quantitative estimate of drug-likeness (QED) is 0.699. The first-order valence-electron chi connectivity index (χ1n) is 7.76. The molecule has 0 aromatic heterocycles. The second kappa shape index (κ2) is 9.54. The molecule has 0 radical (unpaired) electrons. The van der Waals surface area contributed by atoms with Gasteiger partial charge in [-0.15, -0.1) is 0 Å². The van der Waals surface area contributed by atoms with Crippen LogP contribution in [0.5, 0.6) is 5.75 Å². The SMILES string of the molecule is CCOc1ccc(CC(CNC(=O)CN(C)C(C)=O)C(=O)O)cc1. The summed E-state index contributed by atoms with van der Waals surface area (Å²) in [6, 6.07) is 7.20. The number of nitrogens with one attached hydrogen (secondary N) is 1. The molecule has 24 heavy (non-hydrogen) atoms. The highest BCUT2D eigenvalue weighted by Gasteiger charge is 2.19. The van der Waals surface area contributed by atoms with Gasteiger partial charge in [-0.3, -0.25) is 14.4 Å². The molecule has 2 N–H and O–H groups in total. The van der Waals surface area contributed by atoms with E-state index in [4.69, 9.17) is 4.74 Å². The minimum absolute atomic E-state index is 0.00707. The fourth-order valence-corrected chi connectivity index (χ4v) is 2.04. The summed E-state index contributed by atoms with van der Waals surface area (Å²) in [5.74, 6) is -1.60. The molecule has 0 bridgehead atoms. The maximum atomic E-state index is 11.7. The first kappa shape index (κ1) is 19.5. The highest BCUT2D eigenvalue weighted by Crippen LogP contribution is 2.15. The standard InChI is InChI=1S/C17H24N2O5/c1-4-24-15-7-5-13(6-8-15)9-14(17(22)23)10-18-16(21)11-19(3)12(2)20/h5-8,14H,4,9-11H2,1-3H3,(H,18,21)(H,22,23). The lowest BCUT2D eigenvalue weighted by atomic mass is 9.99. The fraction of sp³-hybridized carbons (Fsp3) is 0.471. The summed E-state index contributed by atoms with van der Waals surface area (Å²) in [6.45, 7) is 3.73. The average molecular weight is 336 g/mol. The van der Waals surface area contributed by atoms with Crippen molar-refractivity contribution in [2.45, 2.75) is 20.3 Å². The van der Waals surface area contributed by atoms with E-state index in [-0.39, 0.29) is 24.9 Å². The van der Waals surface area contributed by atoms with E-state index >= 15 is 0 Å². The summed E-state index contributed by atoms with van der Waals surface area (Å²) in [6.07, 6.45) is 0.296. The molecule has 0 aliphatic rings. The van der Waals surface area contributed by atoms with Crippen LogP contribution in [0.25, 0.3) is 0 Å². The van der Waals surface area contributed by atoms with Crippen LogP contribution in [0, 0.1) is 5.92 Å². The number of carboxylic acid groups (broad SMARTS) is 1. The Morgan fingerprint density at radius 3 is 2.38 bits per heavy atom. The molecule has 0 heterocycles. The Labute approximate surface area is 141 Å². The van der Waals surface area contributed by atoms with Crippen LogP contribution in [0.1, 0.15) is 19.4 Å². The number of rotatable bonds is 9. The summed E-state index contributed by atoms with van der Waals surface area (Å²) < 4.78 is 5.34. The van der Waals surface area contributed by atoms with E-state index in [1.807, 2.05) is 19.1 Å². The molecule has 0 fully saturated rings. The van der Waals surface area contributed by atoms with Crippen molar-refractivity contribution in [2.24, 2.45) is 5.92 Å². The van der Waals surface area contributed by atoms with Gasteiger partial charge in [0, 0.05) is 20.5 Å². The summed E-state index contributed by atoms with van der Waals surface area (Å²) in [5, 5.41) is 11.9. The predicted molar refractivity (Wildman–Crippen MR) is 88.8 cm³/mol. The lowest BCUT2D eigenvalue weighted by Gasteiger charge is -2.17. The zero-order valence-electron chi connectivity index (χ0n) is 14.2. The highest BCUT2D eigenvalue weighted by molar-refractivity contribution is 5.84. The van der Waals surface area contributed by atoms with Gasteiger partial charge in [-0.2, -0.15) is 0 Å². The Hall–Kier alpha value is -2.57. The van der Waals surface area contributed by atoms with Crippen molar-refractivity contribution in [2.75, 3.05) is 26.7 Å². The van der Waals surface area contributed by atoms with Crippen molar-refractivity contribution in [1.29, 1.82) is 0 Å². The maximum Gasteiger partial charge on any atom is 0.308 e. The van der Waals surface area contributed by atoms with Gasteiger partial charge in [0.05, 0.1) is 19.1 Å². The molecule has 1 unspecified atom stereocenters. The average Bonchev–Trinajstić information content (AvgIpc) is 2.52. The zero-order chi connectivity index (χ0) is 18.1. The minimum Gasteiger partial charge on any atom is -0.494 e. The molecule has 7 nitrogen and oxygen atoms in total. The Balaban J connectivity index is 2.56. The fourth-order valence-electron chi connectivity index (χ4n) is 2.04. The third-order valence-electron chi connectivity index (χ3n) is 3.53. The van der Waals surface area contributed by atoms with Crippen molar-refractivity contribution in [3.8, 4) is 5.75 Å². The van der Waals surface area contributed by atoms with Gasteiger partial charge < -0.3 is 20.1 Å². The molecule has 0 spiro atoms. The van der Waals surface area contributed by atoms with E-state index in [9.17, 15) is 19.5 Å². The summed E-state index contributed by atoms with van der Waals surface area (Å²) >= 11 is 0. The van der Waals surface area contributed by atoms with Crippen LogP contribution in [0.2, 0.25) is 0 Å². The first-order chi connectivity index (χ1) is 11.3. The number of carboxylic acids is 1. The van der Waals surface area contributed by atoms with Crippen molar-refractivity contribution in [1.82, 2.24) is 10.2 Å². The van der Waals surface area contributed by atoms with E-state index in [1.165, 1.54) is 18.9 Å². The number of benzene rings is 1. The number of ether oxygens (including phenoxy) is 1. The molecule has 0 aliphatic heterocycles. The van der Waals surface area contributed by atoms with E-state index in [0.29, 0.717) is 13.0 Å². The number of amides is 2. The minimum atomic E-state index is -0.982. The number of carbonyl (C=O) groups is 3. The van der Waals surface area contributed by atoms with Gasteiger partial charge >= 0.3 is 5.97 Å². The number of likely N-dealkylation sites (N-methyl/N-ethyl adjacent to an activating group) is 1. The Morgan fingerprint density at radius 1 is 1.25 bits per heavy atom. The molecule has 2 amide bonds. The molecular formula is C17H24N2O5. The molecular weight excluding hydrogens is 312 g/mol. The number of nitrogens with zero attached hydrogens (tertiary/aromatic N) is 1. The largest absolute Gasteiger partial charge is 0.494 e. The van der Waals surface area contributed by atoms with Gasteiger partial charge in [-0.1, -0.05) is 12.1 Å². The lowest BCUT2D eigenvalue weighted by Crippen LogP contribution is -2.40. The van der Waals surface area contributed by atoms with Crippen LogP contribution in [0.4, 0.5) is 0 Å². The Morgan fingerprint density at radius 2 is 1.88 bits per heavy atom. The van der Waals surface area contributed by atoms with Crippen LogP contribution in [0.3, 0.4) is 0 Å². The number of hydrogen-bond acceptors (Lipinski definition) is 4. The van der Waals surface area contributed by atoms with Crippen molar-refractivity contribution in [3.63, 3.8) is 0 Å². The van der Waals surface area contributed by atoms with Crippen molar-refractivity contribution < 1.29 is 24.2 Å². The predicted octanol–water partition coefficient (Wildman–Crippen LogP) is 0.923. The zero-order valence-corrected chi connectivity index (χ0v) is 14.2. The highest BCUT2D eigenvalue weighted by atomic mass is 16.5. The van der Waals surface area contributed by atoms with E-state index in [2.05, 4.69) is 5.32 Å². The van der Waals surface area contributed by atoms with Crippen LogP contribution >= 0.6 is 0 Å². The van der Waals surface area contributed by atoms with Gasteiger partial charge in [-0.25, -0.2) is 0 Å². The van der Waals surface area contributed by atoms with E-state index in [1.54, 1.807) is 12.1 Å². The van der Waals surface area contributed by atoms with Gasteiger partial charge in [0.15, 0.2) is 0 Å². The summed E-state index contributed by atoms with van der Waals surface area (Å²) in [4.78, 5) is 35.5. The summed E-state index contributed by atoms with van der Waals surface area (Å²) in [7, 11) is 1.51. The molecule has 0 saturated heterocycles. The molecule has 1 aromatic rings. The number of aliphatic carboxylic acids is 1.